The zero-order valence-electron chi connectivity index (χ0n) is 13.0. The summed E-state index contributed by atoms with van der Waals surface area (Å²) in [5.41, 5.74) is 0.509. The van der Waals surface area contributed by atoms with Crippen molar-refractivity contribution < 1.29 is 4.79 Å². The Morgan fingerprint density at radius 2 is 2.09 bits per heavy atom. The highest BCUT2D eigenvalue weighted by Gasteiger charge is 2.39. The Hall–Kier alpha value is -2.44. The molecule has 2 amide bonds. The van der Waals surface area contributed by atoms with Crippen LogP contribution in [-0.2, 0) is 0 Å². The zero-order chi connectivity index (χ0) is 15.7. The number of urea groups is 1. The van der Waals surface area contributed by atoms with Crippen LogP contribution in [0.5, 0.6) is 0 Å². The summed E-state index contributed by atoms with van der Waals surface area (Å²) in [6.45, 7) is 7.13. The summed E-state index contributed by atoms with van der Waals surface area (Å²) in [7, 11) is 0. The van der Waals surface area contributed by atoms with E-state index < -0.39 is 0 Å². The first kappa shape index (κ1) is 14.5. The summed E-state index contributed by atoms with van der Waals surface area (Å²) in [5, 5.41) is 7.07. The number of hydrogen-bond acceptors (Lipinski definition) is 4. The standard InChI is InChI=1S/C15H20N6O/c1-11-7-15(2,3)20(9-11)14(22)19-12-8-18-21(10-12)13-16-5-4-6-17-13/h4-6,8,10-11H,7,9H2,1-3H3,(H,19,22). The number of nitrogens with zero attached hydrogens (tertiary/aromatic N) is 5. The molecule has 1 N–H and O–H groups in total. The van der Waals surface area contributed by atoms with Crippen LogP contribution in [0.3, 0.4) is 0 Å². The Kier molecular flexibility index (Phi) is 3.56. The van der Waals surface area contributed by atoms with E-state index in [4.69, 9.17) is 0 Å². The lowest BCUT2D eigenvalue weighted by atomic mass is 9.98. The first-order chi connectivity index (χ1) is 10.5. The Morgan fingerprint density at radius 1 is 1.36 bits per heavy atom. The fraction of sp³-hybridized carbons (Fsp3) is 0.467. The fourth-order valence-electron chi connectivity index (χ4n) is 3.04. The summed E-state index contributed by atoms with van der Waals surface area (Å²) in [4.78, 5) is 22.6. The SMILES string of the molecule is CC1CN(C(=O)Nc2cnn(-c3ncccn3)c2)C(C)(C)C1. The van der Waals surface area contributed by atoms with Gasteiger partial charge in [-0.1, -0.05) is 6.92 Å². The van der Waals surface area contributed by atoms with E-state index in [0.717, 1.165) is 13.0 Å². The summed E-state index contributed by atoms with van der Waals surface area (Å²) >= 11 is 0. The average molecular weight is 300 g/mol. The van der Waals surface area contributed by atoms with Crippen LogP contribution in [-0.4, -0.2) is 42.8 Å². The number of anilines is 1. The molecule has 0 saturated carbocycles. The Balaban J connectivity index is 1.72. The lowest BCUT2D eigenvalue weighted by Gasteiger charge is -2.31. The molecule has 2 aromatic heterocycles. The van der Waals surface area contributed by atoms with E-state index in [-0.39, 0.29) is 11.6 Å². The molecule has 1 aliphatic rings. The van der Waals surface area contributed by atoms with Crippen molar-refractivity contribution >= 4 is 11.7 Å². The topological polar surface area (TPSA) is 75.9 Å². The zero-order valence-corrected chi connectivity index (χ0v) is 13.0. The van der Waals surface area contributed by atoms with Gasteiger partial charge in [-0.2, -0.15) is 5.10 Å². The maximum absolute atomic E-state index is 12.5. The average Bonchev–Trinajstić information content (AvgIpc) is 3.03. The minimum atomic E-state index is -0.123. The number of nitrogens with one attached hydrogen (secondary N) is 1. The molecule has 1 atom stereocenters. The van der Waals surface area contributed by atoms with E-state index in [1.54, 1.807) is 30.9 Å². The molecule has 7 heteroatoms. The van der Waals surface area contributed by atoms with Crippen molar-refractivity contribution in [2.45, 2.75) is 32.7 Å². The predicted octanol–water partition coefficient (Wildman–Crippen LogP) is 2.31. The molecule has 3 heterocycles. The normalized spacial score (nSPS) is 20.1. The van der Waals surface area contributed by atoms with Crippen LogP contribution in [0.15, 0.2) is 30.9 Å². The van der Waals surface area contributed by atoms with E-state index >= 15 is 0 Å². The summed E-state index contributed by atoms with van der Waals surface area (Å²) in [6.07, 6.45) is 7.62. The second-order valence-corrected chi connectivity index (χ2v) is 6.38. The number of amides is 2. The van der Waals surface area contributed by atoms with Crippen LogP contribution in [0.4, 0.5) is 10.5 Å². The van der Waals surface area contributed by atoms with Gasteiger partial charge in [-0.05, 0) is 32.3 Å². The van der Waals surface area contributed by atoms with Gasteiger partial charge in [-0.25, -0.2) is 19.4 Å². The van der Waals surface area contributed by atoms with E-state index in [1.807, 2.05) is 4.90 Å². The summed E-state index contributed by atoms with van der Waals surface area (Å²) in [6, 6.07) is 1.65. The maximum Gasteiger partial charge on any atom is 0.322 e. The van der Waals surface area contributed by atoms with Gasteiger partial charge in [-0.3, -0.25) is 0 Å². The summed E-state index contributed by atoms with van der Waals surface area (Å²) < 4.78 is 1.54. The molecular weight excluding hydrogens is 280 g/mol. The molecule has 0 spiro atoms. The third kappa shape index (κ3) is 2.79. The van der Waals surface area contributed by atoms with Gasteiger partial charge in [0.1, 0.15) is 0 Å². The molecule has 0 aliphatic carbocycles. The minimum absolute atomic E-state index is 0.0946. The first-order valence-corrected chi connectivity index (χ1v) is 7.36. The molecule has 1 unspecified atom stereocenters. The molecule has 0 radical (unpaired) electrons. The number of carbonyl (C=O) groups is 1. The Morgan fingerprint density at radius 3 is 2.73 bits per heavy atom. The molecule has 1 saturated heterocycles. The van der Waals surface area contributed by atoms with Gasteiger partial charge in [0.05, 0.1) is 18.1 Å². The first-order valence-electron chi connectivity index (χ1n) is 7.36. The second-order valence-electron chi connectivity index (χ2n) is 6.38. The van der Waals surface area contributed by atoms with Gasteiger partial charge < -0.3 is 10.2 Å². The van der Waals surface area contributed by atoms with Crippen LogP contribution < -0.4 is 5.32 Å². The van der Waals surface area contributed by atoms with E-state index in [9.17, 15) is 4.79 Å². The third-order valence-electron chi connectivity index (χ3n) is 3.91. The van der Waals surface area contributed by atoms with Gasteiger partial charge in [0.15, 0.2) is 0 Å². The minimum Gasteiger partial charge on any atom is -0.319 e. The molecule has 22 heavy (non-hydrogen) atoms. The van der Waals surface area contributed by atoms with Crippen LogP contribution in [0.2, 0.25) is 0 Å². The molecule has 7 nitrogen and oxygen atoms in total. The molecule has 1 fully saturated rings. The lowest BCUT2D eigenvalue weighted by Crippen LogP contribution is -2.45. The third-order valence-corrected chi connectivity index (χ3v) is 3.91. The Labute approximate surface area is 129 Å². The van der Waals surface area contributed by atoms with E-state index in [0.29, 0.717) is 17.6 Å². The van der Waals surface area contributed by atoms with Gasteiger partial charge in [-0.15, -0.1) is 0 Å². The fourth-order valence-corrected chi connectivity index (χ4v) is 3.04. The van der Waals surface area contributed by atoms with Crippen LogP contribution in [0.1, 0.15) is 27.2 Å². The van der Waals surface area contributed by atoms with Gasteiger partial charge in [0, 0.05) is 24.5 Å². The monoisotopic (exact) mass is 300 g/mol. The maximum atomic E-state index is 12.5. The number of aromatic nitrogens is 4. The number of carbonyl (C=O) groups excluding carboxylic acids is 1. The molecule has 0 aromatic carbocycles. The highest BCUT2D eigenvalue weighted by atomic mass is 16.2. The van der Waals surface area contributed by atoms with E-state index in [2.05, 4.69) is 41.2 Å². The number of rotatable bonds is 2. The number of likely N-dealkylation sites (tertiary alicyclic amines) is 1. The largest absolute Gasteiger partial charge is 0.322 e. The van der Waals surface area contributed by atoms with Crippen molar-refractivity contribution in [1.82, 2.24) is 24.6 Å². The summed E-state index contributed by atoms with van der Waals surface area (Å²) in [5.74, 6) is 0.985. The lowest BCUT2D eigenvalue weighted by molar-refractivity contribution is 0.178. The van der Waals surface area contributed by atoms with Crippen molar-refractivity contribution in [2.24, 2.45) is 5.92 Å². The molecule has 3 rings (SSSR count). The van der Waals surface area contributed by atoms with Crippen molar-refractivity contribution in [2.75, 3.05) is 11.9 Å². The van der Waals surface area contributed by atoms with Crippen LogP contribution in [0, 0.1) is 5.92 Å². The van der Waals surface area contributed by atoms with Gasteiger partial charge in [0.25, 0.3) is 0 Å². The van der Waals surface area contributed by atoms with Gasteiger partial charge >= 0.3 is 6.03 Å². The predicted molar refractivity (Wildman–Crippen MR) is 82.7 cm³/mol. The quantitative estimate of drug-likeness (QED) is 0.923. The molecule has 1 aliphatic heterocycles. The van der Waals surface area contributed by atoms with Crippen molar-refractivity contribution in [3.8, 4) is 5.95 Å². The van der Waals surface area contributed by atoms with Crippen LogP contribution >= 0.6 is 0 Å². The van der Waals surface area contributed by atoms with Crippen molar-refractivity contribution in [3.05, 3.63) is 30.9 Å². The van der Waals surface area contributed by atoms with Crippen molar-refractivity contribution in [3.63, 3.8) is 0 Å². The Bertz CT molecular complexity index is 666. The molecule has 0 bridgehead atoms. The van der Waals surface area contributed by atoms with E-state index in [1.165, 1.54) is 4.68 Å². The van der Waals surface area contributed by atoms with Gasteiger partial charge in [0.2, 0.25) is 5.95 Å². The highest BCUT2D eigenvalue weighted by Crippen LogP contribution is 2.32. The van der Waals surface area contributed by atoms with Crippen molar-refractivity contribution in [1.29, 1.82) is 0 Å². The molecule has 2 aromatic rings. The molecule has 116 valence electrons. The highest BCUT2D eigenvalue weighted by molar-refractivity contribution is 5.89. The molecular formula is C15H20N6O. The number of hydrogen-bond donors (Lipinski definition) is 1. The smallest absolute Gasteiger partial charge is 0.319 e. The second kappa shape index (κ2) is 5.40. The van der Waals surface area contributed by atoms with Crippen LogP contribution in [0.25, 0.3) is 5.95 Å².